The van der Waals surface area contributed by atoms with Crippen molar-refractivity contribution < 1.29 is 32.7 Å². The molecular formula is C23H24N2O7S. The first-order valence-electron chi connectivity index (χ1n) is 10.3. The summed E-state index contributed by atoms with van der Waals surface area (Å²) in [6.45, 7) is 2.11. The second-order valence-electron chi connectivity index (χ2n) is 7.43. The normalized spacial score (nSPS) is 16.8. The lowest BCUT2D eigenvalue weighted by atomic mass is 9.83. The van der Waals surface area contributed by atoms with Gasteiger partial charge in [0.2, 0.25) is 5.88 Å². The van der Waals surface area contributed by atoms with Gasteiger partial charge < -0.3 is 14.7 Å². The van der Waals surface area contributed by atoms with Gasteiger partial charge in [-0.15, -0.1) is 0 Å². The molecule has 1 aliphatic carbocycles. The fourth-order valence-electron chi connectivity index (χ4n) is 3.36. The summed E-state index contributed by atoms with van der Waals surface area (Å²) < 4.78 is 28.9. The van der Waals surface area contributed by atoms with Gasteiger partial charge in [0.05, 0.1) is 23.1 Å². The van der Waals surface area contributed by atoms with Crippen LogP contribution in [-0.4, -0.2) is 49.2 Å². The average Bonchev–Trinajstić information content (AvgIpc) is 2.76. The Bertz CT molecular complexity index is 1200. The molecule has 0 spiro atoms. The second kappa shape index (κ2) is 10.4. The van der Waals surface area contributed by atoms with Crippen molar-refractivity contribution in [2.75, 3.05) is 12.9 Å². The maximum Gasteiger partial charge on any atom is 0.219 e. The Morgan fingerprint density at radius 2 is 1.94 bits per heavy atom. The maximum absolute atomic E-state index is 12.6. The quantitative estimate of drug-likeness (QED) is 0.333. The van der Waals surface area contributed by atoms with Gasteiger partial charge in [0.15, 0.2) is 21.4 Å². The number of ketones is 2. The van der Waals surface area contributed by atoms with Gasteiger partial charge in [-0.25, -0.2) is 13.4 Å². The summed E-state index contributed by atoms with van der Waals surface area (Å²) in [5.74, 6) is -0.997. The Hall–Kier alpha value is -3.53. The third-order valence-electron chi connectivity index (χ3n) is 4.91. The van der Waals surface area contributed by atoms with Crippen LogP contribution in [0.1, 0.15) is 37.8 Å². The lowest BCUT2D eigenvalue weighted by molar-refractivity contribution is -0.122. The number of pyridine rings is 1. The Morgan fingerprint density at radius 1 is 1.21 bits per heavy atom. The van der Waals surface area contributed by atoms with E-state index in [9.17, 15) is 23.1 Å². The summed E-state index contributed by atoms with van der Waals surface area (Å²) in [6.07, 6.45) is 2.35. The van der Waals surface area contributed by atoms with Gasteiger partial charge in [0.1, 0.15) is 18.1 Å². The summed E-state index contributed by atoms with van der Waals surface area (Å²) >= 11 is 0. The van der Waals surface area contributed by atoms with Crippen LogP contribution >= 0.6 is 0 Å². The molecule has 0 saturated heterocycles. The molecule has 3 rings (SSSR count). The third kappa shape index (κ3) is 6.26. The Morgan fingerprint density at radius 3 is 2.58 bits per heavy atom. The van der Waals surface area contributed by atoms with Crippen molar-refractivity contribution in [1.82, 2.24) is 4.98 Å². The largest absolute Gasteiger partial charge is 0.511 e. The number of carbonyl (C=O) groups excluding carboxylic acids is 2. The van der Waals surface area contributed by atoms with Crippen molar-refractivity contribution in [1.29, 1.82) is 0 Å². The Kier molecular flexibility index (Phi) is 7.59. The van der Waals surface area contributed by atoms with E-state index < -0.39 is 27.3 Å². The highest BCUT2D eigenvalue weighted by molar-refractivity contribution is 7.90. The molecule has 174 valence electrons. The highest BCUT2D eigenvalue weighted by atomic mass is 32.2. The lowest BCUT2D eigenvalue weighted by Gasteiger charge is -2.22. The molecule has 0 bridgehead atoms. The van der Waals surface area contributed by atoms with Crippen LogP contribution in [0.25, 0.3) is 0 Å². The molecule has 0 saturated carbocycles. The number of nitrogens with zero attached hydrogens (tertiary/aromatic N) is 2. The molecule has 1 aliphatic rings. The molecule has 2 aromatic rings. The number of benzene rings is 1. The number of hydrogen-bond donors (Lipinski definition) is 1. The number of ether oxygens (including phenoxy) is 1. The zero-order chi connectivity index (χ0) is 24.0. The van der Waals surface area contributed by atoms with E-state index in [0.717, 1.165) is 6.26 Å². The number of hydrogen-bond acceptors (Lipinski definition) is 9. The number of oxime groups is 1. The standard InChI is InChI=1S/C23H24N2O7S/c1-3-31-24-12-11-19(26)23-20(27)13-15(14-21(23)28)18-5-4-6-22(25-18)32-16-7-9-17(10-8-16)33(2,29)30/h4-10,12,15,27H,3,11,13-14H2,1-2H3. The summed E-state index contributed by atoms with van der Waals surface area (Å²) in [6, 6.07) is 11.0. The van der Waals surface area contributed by atoms with Crippen molar-refractivity contribution in [3.63, 3.8) is 0 Å². The number of aliphatic hydroxyl groups is 1. The van der Waals surface area contributed by atoms with Gasteiger partial charge in [0.25, 0.3) is 0 Å². The molecule has 1 unspecified atom stereocenters. The van der Waals surface area contributed by atoms with E-state index in [2.05, 4.69) is 10.1 Å². The smallest absolute Gasteiger partial charge is 0.219 e. The zero-order valence-corrected chi connectivity index (χ0v) is 19.0. The minimum Gasteiger partial charge on any atom is -0.511 e. The molecule has 0 radical (unpaired) electrons. The van der Waals surface area contributed by atoms with Crippen LogP contribution in [0.3, 0.4) is 0 Å². The summed E-state index contributed by atoms with van der Waals surface area (Å²) in [5.41, 5.74) is 0.331. The first-order chi connectivity index (χ1) is 15.7. The topological polar surface area (TPSA) is 132 Å². The molecule has 1 aromatic carbocycles. The van der Waals surface area contributed by atoms with Gasteiger partial charge in [0, 0.05) is 36.8 Å². The molecule has 1 aromatic heterocycles. The van der Waals surface area contributed by atoms with E-state index in [1.165, 1.54) is 30.5 Å². The number of allylic oxidation sites excluding steroid dienone is 2. The van der Waals surface area contributed by atoms with Crippen molar-refractivity contribution >= 4 is 27.6 Å². The molecule has 9 nitrogen and oxygen atoms in total. The molecule has 0 aliphatic heterocycles. The number of rotatable bonds is 9. The van der Waals surface area contributed by atoms with Gasteiger partial charge in [-0.05, 0) is 37.3 Å². The molecule has 1 N–H and O–H groups in total. The van der Waals surface area contributed by atoms with Crippen LogP contribution in [0.4, 0.5) is 0 Å². The summed E-state index contributed by atoms with van der Waals surface area (Å²) in [4.78, 5) is 34.3. The minimum absolute atomic E-state index is 0.0211. The van der Waals surface area contributed by atoms with Crippen molar-refractivity contribution in [3.05, 3.63) is 59.5 Å². The van der Waals surface area contributed by atoms with Crippen LogP contribution in [0.15, 0.2) is 63.8 Å². The van der Waals surface area contributed by atoms with Gasteiger partial charge >= 0.3 is 0 Å². The molecule has 0 amide bonds. The fraction of sp³-hybridized carbons (Fsp3) is 0.304. The molecule has 0 fully saturated rings. The highest BCUT2D eigenvalue weighted by Gasteiger charge is 2.32. The predicted octanol–water partition coefficient (Wildman–Crippen LogP) is 3.52. The van der Waals surface area contributed by atoms with E-state index in [0.29, 0.717) is 18.1 Å². The van der Waals surface area contributed by atoms with Crippen molar-refractivity contribution in [3.8, 4) is 11.6 Å². The molecular weight excluding hydrogens is 448 g/mol. The zero-order valence-electron chi connectivity index (χ0n) is 18.2. The average molecular weight is 473 g/mol. The van der Waals surface area contributed by atoms with Crippen molar-refractivity contribution in [2.24, 2.45) is 5.16 Å². The van der Waals surface area contributed by atoms with Gasteiger partial charge in [-0.3, -0.25) is 9.59 Å². The SMILES string of the molecule is CCON=CCC(=O)C1=C(O)CC(c2cccc(Oc3ccc(S(C)(=O)=O)cc3)n2)CC1=O. The van der Waals surface area contributed by atoms with E-state index in [-0.39, 0.29) is 41.4 Å². The molecule has 1 atom stereocenters. The number of aliphatic hydroxyl groups excluding tert-OH is 1. The second-order valence-corrected chi connectivity index (χ2v) is 9.45. The fourth-order valence-corrected chi connectivity index (χ4v) is 3.99. The van der Waals surface area contributed by atoms with Gasteiger partial charge in [-0.1, -0.05) is 11.2 Å². The predicted molar refractivity (Wildman–Crippen MR) is 120 cm³/mol. The number of Topliss-reactive ketones (excluding diaryl/α,β-unsaturated/α-hetero) is 2. The Labute approximate surface area is 191 Å². The lowest BCUT2D eigenvalue weighted by Crippen LogP contribution is -2.24. The van der Waals surface area contributed by atoms with E-state index in [4.69, 9.17) is 9.57 Å². The number of sulfone groups is 1. The number of aromatic nitrogens is 1. The number of carbonyl (C=O) groups is 2. The van der Waals surface area contributed by atoms with Crippen molar-refractivity contribution in [2.45, 2.75) is 37.0 Å². The first-order valence-corrected chi connectivity index (χ1v) is 12.2. The van der Waals surface area contributed by atoms with Crippen LogP contribution in [0.2, 0.25) is 0 Å². The van der Waals surface area contributed by atoms with Gasteiger partial charge in [-0.2, -0.15) is 0 Å². The van der Waals surface area contributed by atoms with Crippen LogP contribution < -0.4 is 4.74 Å². The van der Waals surface area contributed by atoms with Crippen LogP contribution in [-0.2, 0) is 24.3 Å². The molecule has 10 heteroatoms. The summed E-state index contributed by atoms with van der Waals surface area (Å²) in [7, 11) is -3.31. The third-order valence-corrected chi connectivity index (χ3v) is 6.04. The molecule has 1 heterocycles. The Balaban J connectivity index is 1.72. The van der Waals surface area contributed by atoms with E-state index in [1.54, 1.807) is 25.1 Å². The first kappa shape index (κ1) is 24.1. The maximum atomic E-state index is 12.6. The van der Waals surface area contributed by atoms with Crippen LogP contribution in [0.5, 0.6) is 11.6 Å². The minimum atomic E-state index is -3.31. The van der Waals surface area contributed by atoms with E-state index in [1.807, 2.05) is 0 Å². The summed E-state index contributed by atoms with van der Waals surface area (Å²) in [5, 5.41) is 14.0. The van der Waals surface area contributed by atoms with Crippen LogP contribution in [0, 0.1) is 0 Å². The molecule has 33 heavy (non-hydrogen) atoms. The monoisotopic (exact) mass is 472 g/mol. The highest BCUT2D eigenvalue weighted by Crippen LogP contribution is 2.34. The van der Waals surface area contributed by atoms with E-state index >= 15 is 0 Å².